The van der Waals surface area contributed by atoms with Gasteiger partial charge in [0.25, 0.3) is 0 Å². The first-order valence-corrected chi connectivity index (χ1v) is 37.9. The van der Waals surface area contributed by atoms with Crippen LogP contribution in [0.4, 0.5) is 0 Å². The van der Waals surface area contributed by atoms with Crippen molar-refractivity contribution in [3.8, 4) is 0 Å². The molecule has 0 radical (unpaired) electrons. The molecule has 44 atom stereocenters. The molecule has 59 heteroatoms. The summed E-state index contributed by atoms with van der Waals surface area (Å²) >= 11 is 0. The van der Waals surface area contributed by atoms with E-state index in [2.05, 4.69) is 10.6 Å². The van der Waals surface area contributed by atoms with Crippen LogP contribution in [0.2, 0.25) is 0 Å². The first-order valence-electron chi connectivity index (χ1n) is 35.0. The van der Waals surface area contributed by atoms with E-state index in [1.165, 1.54) is 9.44 Å². The molecular formula is C58H92N4O53S2. The van der Waals surface area contributed by atoms with E-state index in [9.17, 15) is 177 Å². The molecule has 30 N–H and O–H groups in total. The van der Waals surface area contributed by atoms with Crippen molar-refractivity contribution in [1.82, 2.24) is 20.1 Å². The molecule has 0 unspecified atom stereocenters. The molecule has 9 fully saturated rings. The first kappa shape index (κ1) is 95.9. The van der Waals surface area contributed by atoms with Crippen molar-refractivity contribution in [2.45, 2.75) is 284 Å². The summed E-state index contributed by atoms with van der Waals surface area (Å²) in [6.07, 6.45) is -93.8. The Balaban J connectivity index is 0.873. The lowest BCUT2D eigenvalue weighted by Gasteiger charge is -2.50. The molecule has 0 aromatic carbocycles. The fourth-order valence-electron chi connectivity index (χ4n) is 14.3. The van der Waals surface area contributed by atoms with E-state index >= 15 is 0 Å². The third kappa shape index (κ3) is 21.3. The van der Waals surface area contributed by atoms with Gasteiger partial charge in [-0.05, 0) is 0 Å². The second kappa shape index (κ2) is 39.7. The van der Waals surface area contributed by atoms with Crippen molar-refractivity contribution in [2.24, 2.45) is 0 Å². The highest BCUT2D eigenvalue weighted by atomic mass is 32.2. The average molecular weight is 1760 g/mol. The van der Waals surface area contributed by atoms with Crippen LogP contribution in [-0.4, -0.2) is 494 Å². The second-order valence-electron chi connectivity index (χ2n) is 27.9. The summed E-state index contributed by atoms with van der Waals surface area (Å²) in [7, 11) is -11.3. The van der Waals surface area contributed by atoms with E-state index in [4.69, 9.17) is 80.5 Å². The number of aliphatic carboxylic acids is 4. The van der Waals surface area contributed by atoms with Crippen LogP contribution < -0.4 is 20.1 Å². The number of carboxylic acids is 4. The lowest BCUT2D eigenvalue weighted by Crippen LogP contribution is -2.71. The molecule has 2 amide bonds. The van der Waals surface area contributed by atoms with E-state index in [0.29, 0.717) is 0 Å². The number of aliphatic hydroxyl groups is 20. The minimum atomic E-state index is -5.66. The maximum absolute atomic E-state index is 13.1. The Morgan fingerprint density at radius 2 is 0.479 bits per heavy atom. The summed E-state index contributed by atoms with van der Waals surface area (Å²) in [6, 6.07) is -9.08. The van der Waals surface area contributed by atoms with E-state index in [-0.39, 0.29) is 0 Å². The molecule has 9 saturated heterocycles. The lowest BCUT2D eigenvalue weighted by atomic mass is 9.93. The number of nitrogens with one attached hydrogen (secondary N) is 4. The molecule has 0 aromatic heterocycles. The SMILES string of the molecule is CC(=O)N[C@H]1[C@@H](O[C@H]2[C@H](O)[C@@H](O)[C@H](O[C@H]3[C@H](O)[C@@H](NS(=O)(=O)O)[C@@H](O[C@H]4[C@H](O)[C@@H](O)[C@H](O[C@H]5[C@H](O)[C@@H](CO)O[C@@H]5CO)O[C@@H]4C(=O)O)O[C@@H]3CO)O[C@@H]2C(=O)O)O[C@H](CO)[C@@H](O[C@@H]2O[C@H](C(=O)O)[C@@H](O[C@H]3O[C@H](CO)[C@@H](O[C@@H]4O[C@H](C(=O)O)[C@@H](O[C@H]5O[C@H](CO)[C@@H](O)[C@H](O)[C@H]5NC(C)=O)[C@H](O)[C@H]4O)[C@H](O)[C@H]3NS(=O)(=O)O)[C@H](O)[C@H]2O)[C@@H]1O. The molecule has 9 rings (SSSR count). The van der Waals surface area contributed by atoms with E-state index < -0.39 is 366 Å². The van der Waals surface area contributed by atoms with Gasteiger partial charge in [-0.25, -0.2) is 19.2 Å². The van der Waals surface area contributed by atoms with Crippen molar-refractivity contribution >= 4 is 56.3 Å². The molecule has 57 nitrogen and oxygen atoms in total. The zero-order valence-corrected chi connectivity index (χ0v) is 61.7. The van der Waals surface area contributed by atoms with Gasteiger partial charge >= 0.3 is 44.5 Å². The topological polar surface area (TPSA) is 902 Å². The Hall–Kier alpha value is -4.92. The van der Waals surface area contributed by atoms with Gasteiger partial charge in [0.05, 0.1) is 39.6 Å². The van der Waals surface area contributed by atoms with Gasteiger partial charge in [-0.3, -0.25) is 18.7 Å². The number of hydrogen-bond donors (Lipinski definition) is 30. The fourth-order valence-corrected chi connectivity index (χ4v) is 15.5. The quantitative estimate of drug-likeness (QED) is 0.0278. The van der Waals surface area contributed by atoms with Crippen LogP contribution in [0.25, 0.3) is 0 Å². The monoisotopic (exact) mass is 1760 g/mol. The first-order chi connectivity index (χ1) is 54.7. The Morgan fingerprint density at radius 1 is 0.265 bits per heavy atom. The van der Waals surface area contributed by atoms with Crippen LogP contribution in [0.3, 0.4) is 0 Å². The van der Waals surface area contributed by atoms with Gasteiger partial charge in [-0.15, -0.1) is 0 Å². The second-order valence-corrected chi connectivity index (χ2v) is 30.3. The van der Waals surface area contributed by atoms with Crippen LogP contribution in [0, 0.1) is 0 Å². The summed E-state index contributed by atoms with van der Waals surface area (Å²) in [5, 5.41) is 266. The number of carboxylic acid groups (broad SMARTS) is 4. The minimum absolute atomic E-state index is 0.793. The summed E-state index contributed by atoms with van der Waals surface area (Å²) in [5.74, 6) is -10.4. The molecule has 674 valence electrons. The number of carbonyl (C=O) groups excluding carboxylic acids is 2. The Labute approximate surface area is 655 Å². The van der Waals surface area contributed by atoms with Gasteiger partial charge in [-0.1, -0.05) is 0 Å². The molecule has 0 bridgehead atoms. The van der Waals surface area contributed by atoms with Crippen molar-refractivity contribution in [2.75, 3.05) is 39.6 Å². The summed E-state index contributed by atoms with van der Waals surface area (Å²) in [4.78, 5) is 76.3. The molecular weight excluding hydrogens is 1660 g/mol. The molecule has 0 saturated carbocycles. The van der Waals surface area contributed by atoms with Crippen molar-refractivity contribution in [3.05, 3.63) is 0 Å². The predicted molar refractivity (Wildman–Crippen MR) is 346 cm³/mol. The number of amides is 2. The molecule has 0 aliphatic carbocycles. The third-order valence-corrected chi connectivity index (χ3v) is 21.2. The van der Waals surface area contributed by atoms with E-state index in [0.717, 1.165) is 13.8 Å². The van der Waals surface area contributed by atoms with Crippen LogP contribution in [0.5, 0.6) is 0 Å². The standard InChI is InChI=1S/C58H92N4O53S2/c1-9(69)59-17-23(73)21(71)11(3-63)100-51(17)108-39-27(77)32(82)57(113-43(39)47(85)86)106-37-15(7-67)103-54(20(26(37)76)62-117(96,97)98)111-42-30(80)34(84)56(115-46(42)50(91)92)105-36-14(6-66)101-52(18(24(36)74)60-10(2)70)109-40-28(78)33(83)58(114-44(40)48(87)88)107-38-16(8-68)102-53(19(25(38)75)61-116(93,94)95)110-41-29(79)31(81)55(112-45(41)49(89)90)104-35-13(5-65)99-12(4-64)22(35)72/h11-46,51-58,61-68,71-84H,3-8H2,1-2H3,(H,59,69)(H,60,70)(H,85,86)(H,87,88)(H,89,90)(H,91,92)(H,93,94,95)(H,96,97,98)/t11-,12-,13-,14-,15-,16-,17-,18-,19-,20-,21-,22-,23-,24-,25-,26-,27-,28-,29-,30-,31-,32-,33-,34-,35-,36-,37-,38-,39+,40+,41+,42+,43+,44+,45+,46+,51-,52-,53-,54-,55-,56-,57-,58-/m1/s1. The smallest absolute Gasteiger partial charge is 0.335 e. The molecule has 0 aromatic rings. The fraction of sp³-hybridized carbons (Fsp3) is 0.897. The summed E-state index contributed by atoms with van der Waals surface area (Å²) in [5.41, 5.74) is 0. The minimum Gasteiger partial charge on any atom is -0.479 e. The Kier molecular flexibility index (Phi) is 32.6. The molecule has 9 aliphatic rings. The zero-order chi connectivity index (χ0) is 87.0. The van der Waals surface area contributed by atoms with E-state index in [1.54, 1.807) is 0 Å². The average Bonchev–Trinajstić information content (AvgIpc) is 1.43. The van der Waals surface area contributed by atoms with Crippen LogP contribution in [0.1, 0.15) is 13.8 Å². The normalized spacial score (nSPS) is 46.8. The highest BCUT2D eigenvalue weighted by Crippen LogP contribution is 2.41. The number of hydrogen-bond acceptors (Lipinski definition) is 47. The molecule has 0 spiro atoms. The molecule has 9 aliphatic heterocycles. The number of carbonyl (C=O) groups is 6. The van der Waals surface area contributed by atoms with Crippen LogP contribution >= 0.6 is 0 Å². The van der Waals surface area contributed by atoms with Crippen molar-refractivity contribution < 1.29 is 258 Å². The number of ether oxygens (including phenoxy) is 17. The predicted octanol–water partition coefficient (Wildman–Crippen LogP) is -20.5. The van der Waals surface area contributed by atoms with Gasteiger partial charge in [-0.2, -0.15) is 26.3 Å². The number of rotatable bonds is 32. The van der Waals surface area contributed by atoms with E-state index in [1.807, 2.05) is 0 Å². The van der Waals surface area contributed by atoms with Crippen LogP contribution in [0.15, 0.2) is 0 Å². The maximum Gasteiger partial charge on any atom is 0.335 e. The van der Waals surface area contributed by atoms with Gasteiger partial charge in [0.15, 0.2) is 74.7 Å². The highest BCUT2D eigenvalue weighted by molar-refractivity contribution is 7.84. The summed E-state index contributed by atoms with van der Waals surface area (Å²) < 4.78 is 167. The number of aliphatic hydroxyl groups excluding tert-OH is 20. The van der Waals surface area contributed by atoms with Crippen molar-refractivity contribution in [3.63, 3.8) is 0 Å². The van der Waals surface area contributed by atoms with Crippen molar-refractivity contribution in [1.29, 1.82) is 0 Å². The largest absolute Gasteiger partial charge is 0.479 e. The Bertz CT molecular complexity index is 3590. The van der Waals surface area contributed by atoms with Gasteiger partial charge in [0.1, 0.15) is 195 Å². The molecule has 9 heterocycles. The summed E-state index contributed by atoms with van der Waals surface area (Å²) in [6.45, 7) is -5.15. The Morgan fingerprint density at radius 3 is 0.726 bits per heavy atom. The zero-order valence-electron chi connectivity index (χ0n) is 60.1. The van der Waals surface area contributed by atoms with Crippen LogP contribution in [-0.2, 0) is 130 Å². The lowest BCUT2D eigenvalue weighted by molar-refractivity contribution is -0.382. The van der Waals surface area contributed by atoms with Gasteiger partial charge in [0.2, 0.25) is 11.8 Å². The van der Waals surface area contributed by atoms with Gasteiger partial charge in [0, 0.05) is 13.8 Å². The third-order valence-electron chi connectivity index (χ3n) is 20.0. The highest BCUT2D eigenvalue weighted by Gasteiger charge is 2.63. The maximum atomic E-state index is 13.1. The van der Waals surface area contributed by atoms with Gasteiger partial charge < -0.3 is 214 Å². The molecule has 117 heavy (non-hydrogen) atoms.